The van der Waals surface area contributed by atoms with E-state index in [1.165, 1.54) is 18.2 Å². The molecule has 10 nitrogen and oxygen atoms in total. The molecular formula is C13H16BrFN6O4S. The van der Waals surface area contributed by atoms with Gasteiger partial charge in [-0.25, -0.2) is 18.2 Å². The minimum Gasteiger partial charge on any atom is -0.365 e. The second-order valence-corrected chi connectivity index (χ2v) is 6.66. The van der Waals surface area contributed by atoms with E-state index in [0.29, 0.717) is 25.2 Å². The molecule has 26 heavy (non-hydrogen) atoms. The van der Waals surface area contributed by atoms with Gasteiger partial charge in [-0.3, -0.25) is 10.7 Å². The van der Waals surface area contributed by atoms with E-state index in [9.17, 15) is 13.8 Å². The lowest BCUT2D eigenvalue weighted by Gasteiger charge is -2.06. The summed E-state index contributed by atoms with van der Waals surface area (Å²) in [4.78, 5) is 4.14. The van der Waals surface area contributed by atoms with Crippen LogP contribution in [0.3, 0.4) is 0 Å². The molecule has 2 rings (SSSR count). The predicted molar refractivity (Wildman–Crippen MR) is 96.3 cm³/mol. The number of nitrogens with one attached hydrogen (secondary N) is 3. The summed E-state index contributed by atoms with van der Waals surface area (Å²) in [7, 11) is 0. The largest absolute Gasteiger partial charge is 0.365 e. The van der Waals surface area contributed by atoms with Gasteiger partial charge in [-0.05, 0) is 57.4 Å². The van der Waals surface area contributed by atoms with Crippen LogP contribution in [0.15, 0.2) is 32.3 Å². The van der Waals surface area contributed by atoms with E-state index < -0.39 is 16.9 Å². The Bertz CT molecular complexity index is 790. The fraction of sp³-hybridized carbons (Fsp3) is 0.308. The van der Waals surface area contributed by atoms with Gasteiger partial charge in [0.15, 0.2) is 22.6 Å². The third kappa shape index (κ3) is 6.10. The highest BCUT2D eigenvalue weighted by atomic mass is 79.9. The number of amidine groups is 1. The Morgan fingerprint density at radius 3 is 2.88 bits per heavy atom. The van der Waals surface area contributed by atoms with Crippen LogP contribution < -0.4 is 16.1 Å². The van der Waals surface area contributed by atoms with Crippen LogP contribution in [0.5, 0.6) is 0 Å². The zero-order valence-electron chi connectivity index (χ0n) is 13.3. The van der Waals surface area contributed by atoms with Gasteiger partial charge >= 0.3 is 0 Å². The van der Waals surface area contributed by atoms with Gasteiger partial charge in [-0.2, -0.15) is 0 Å². The maximum absolute atomic E-state index is 13.3. The molecule has 2 aromatic rings. The molecule has 0 amide bonds. The van der Waals surface area contributed by atoms with Gasteiger partial charge in [0.2, 0.25) is 5.82 Å². The average Bonchev–Trinajstić information content (AvgIpc) is 3.07. The van der Waals surface area contributed by atoms with Crippen molar-refractivity contribution in [2.75, 3.05) is 24.3 Å². The number of hydroxylamine groups is 1. The average molecular weight is 451 g/mol. The molecule has 1 atom stereocenters. The van der Waals surface area contributed by atoms with Crippen LogP contribution >= 0.6 is 15.9 Å². The number of nitrogens with zero attached hydrogens (tertiary/aromatic N) is 3. The molecule has 1 heterocycles. The molecule has 0 spiro atoms. The minimum absolute atomic E-state index is 0.00473. The van der Waals surface area contributed by atoms with E-state index in [1.54, 1.807) is 0 Å². The van der Waals surface area contributed by atoms with Crippen LogP contribution in [0.25, 0.3) is 0 Å². The third-order valence-electron chi connectivity index (χ3n) is 3.01. The molecule has 142 valence electrons. The Balaban J connectivity index is 2.01. The van der Waals surface area contributed by atoms with Crippen LogP contribution in [-0.2, 0) is 11.1 Å². The molecule has 0 saturated carbocycles. The Morgan fingerprint density at radius 2 is 2.19 bits per heavy atom. The van der Waals surface area contributed by atoms with Gasteiger partial charge in [0, 0.05) is 6.54 Å². The number of rotatable bonds is 9. The highest BCUT2D eigenvalue weighted by Gasteiger charge is 2.16. The summed E-state index contributed by atoms with van der Waals surface area (Å²) in [6.45, 7) is 0.982. The molecule has 1 aromatic carbocycles. The Kier molecular flexibility index (Phi) is 8.06. The van der Waals surface area contributed by atoms with Crippen molar-refractivity contribution in [3.05, 3.63) is 34.2 Å². The van der Waals surface area contributed by atoms with Gasteiger partial charge in [0.05, 0.1) is 16.0 Å². The van der Waals surface area contributed by atoms with Crippen molar-refractivity contribution >= 4 is 44.4 Å². The molecule has 5 N–H and O–H groups in total. The van der Waals surface area contributed by atoms with E-state index in [-0.39, 0.29) is 27.7 Å². The van der Waals surface area contributed by atoms with E-state index >= 15 is 0 Å². The number of halogens is 2. The van der Waals surface area contributed by atoms with Crippen LogP contribution in [0.4, 0.5) is 15.9 Å². The Hall–Kier alpha value is -1.93. The first-order chi connectivity index (χ1) is 12.5. The first kappa shape index (κ1) is 20.4. The quantitative estimate of drug-likeness (QED) is 0.126. The fourth-order valence-corrected chi connectivity index (χ4v) is 2.54. The molecule has 0 fully saturated rings. The molecule has 0 bridgehead atoms. The Labute approximate surface area is 158 Å². The zero-order valence-corrected chi connectivity index (χ0v) is 15.7. The van der Waals surface area contributed by atoms with Gasteiger partial charge in [-0.15, -0.1) is 0 Å². The van der Waals surface area contributed by atoms with E-state index in [4.69, 9.17) is 4.55 Å². The van der Waals surface area contributed by atoms with E-state index in [0.717, 1.165) is 0 Å². The number of aliphatic imine (C=N–C) groups is 1. The minimum atomic E-state index is -1.88. The highest BCUT2D eigenvalue weighted by molar-refractivity contribution is 9.10. The molecule has 0 saturated heterocycles. The predicted octanol–water partition coefficient (Wildman–Crippen LogP) is 1.60. The lowest BCUT2D eigenvalue weighted by Crippen LogP contribution is -2.23. The van der Waals surface area contributed by atoms with Gasteiger partial charge in [0.25, 0.3) is 0 Å². The van der Waals surface area contributed by atoms with E-state index in [2.05, 4.69) is 46.5 Å². The molecule has 0 aliphatic carbocycles. The van der Waals surface area contributed by atoms with Crippen molar-refractivity contribution in [1.82, 2.24) is 21.1 Å². The van der Waals surface area contributed by atoms with Crippen molar-refractivity contribution in [3.63, 3.8) is 0 Å². The number of hydrogen-bond acceptors (Lipinski definition) is 8. The molecule has 13 heteroatoms. The van der Waals surface area contributed by atoms with Crippen LogP contribution in [0.2, 0.25) is 0 Å². The number of benzene rings is 1. The first-order valence-electron chi connectivity index (χ1n) is 7.30. The summed E-state index contributed by atoms with van der Waals surface area (Å²) >= 11 is 1.18. The van der Waals surface area contributed by atoms with Crippen molar-refractivity contribution < 1.29 is 23.0 Å². The van der Waals surface area contributed by atoms with Crippen molar-refractivity contribution in [2.45, 2.75) is 6.42 Å². The molecule has 0 aliphatic heterocycles. The topological polar surface area (TPSA) is 145 Å². The summed E-state index contributed by atoms with van der Waals surface area (Å²) in [5.74, 6) is -0.236. The molecule has 1 unspecified atom stereocenters. The number of aromatic nitrogens is 2. The van der Waals surface area contributed by atoms with E-state index in [1.807, 2.05) is 5.48 Å². The number of anilines is 1. The summed E-state index contributed by atoms with van der Waals surface area (Å²) in [5, 5.41) is 22.5. The number of hydrogen-bond donors (Lipinski definition) is 5. The monoisotopic (exact) mass is 450 g/mol. The normalized spacial score (nSPS) is 12.8. The maximum Gasteiger partial charge on any atom is 0.202 e. The molecule has 1 aromatic heterocycles. The summed E-state index contributed by atoms with van der Waals surface area (Å²) in [6.07, 6.45) is 0.632. The van der Waals surface area contributed by atoms with Gasteiger partial charge in [-0.1, -0.05) is 0 Å². The summed E-state index contributed by atoms with van der Waals surface area (Å²) in [5.41, 5.74) is 2.42. The molecule has 0 aliphatic rings. The smallest absolute Gasteiger partial charge is 0.202 e. The van der Waals surface area contributed by atoms with Crippen molar-refractivity contribution in [2.24, 2.45) is 4.99 Å². The van der Waals surface area contributed by atoms with Crippen molar-refractivity contribution in [3.8, 4) is 0 Å². The van der Waals surface area contributed by atoms with Gasteiger partial charge in [0.1, 0.15) is 5.82 Å². The lowest BCUT2D eigenvalue weighted by atomic mass is 10.3. The third-order valence-corrected chi connectivity index (χ3v) is 4.07. The van der Waals surface area contributed by atoms with Crippen LogP contribution in [0.1, 0.15) is 12.1 Å². The highest BCUT2D eigenvalue weighted by Crippen LogP contribution is 2.23. The van der Waals surface area contributed by atoms with Crippen molar-refractivity contribution in [1.29, 1.82) is 0 Å². The van der Waals surface area contributed by atoms with Crippen LogP contribution in [0, 0.1) is 5.82 Å². The zero-order chi connectivity index (χ0) is 18.9. The second-order valence-electron chi connectivity index (χ2n) is 4.88. The molecule has 0 radical (unpaired) electrons. The first-order valence-corrected chi connectivity index (χ1v) is 9.37. The van der Waals surface area contributed by atoms with Gasteiger partial charge < -0.3 is 15.2 Å². The standard InChI is InChI=1S/C13H16BrFN6O4S/c14-9-6-8(2-3-10(9)15)18-13(19-22)11-12(21-25-20-11)17-5-1-4-16-7-26(23)24/h2-3,6,16,22H,1,4-5,7H2,(H,17,21)(H,18,19)(H,23,24). The maximum atomic E-state index is 13.3. The lowest BCUT2D eigenvalue weighted by molar-refractivity contribution is 0.234. The fourth-order valence-electron chi connectivity index (χ4n) is 1.85. The van der Waals surface area contributed by atoms with Crippen LogP contribution in [-0.4, -0.2) is 49.1 Å². The summed E-state index contributed by atoms with van der Waals surface area (Å²) < 4.78 is 37.3. The molecular weight excluding hydrogens is 435 g/mol. The summed E-state index contributed by atoms with van der Waals surface area (Å²) in [6, 6.07) is 4.09. The second kappa shape index (κ2) is 10.3. The SMILES string of the molecule is O=S(O)CNCCCNc1nonc1C(=Nc1ccc(F)c(Br)c1)NO. The Morgan fingerprint density at radius 1 is 1.38 bits per heavy atom.